The molecular weight excluding hydrogens is 488 g/mol. The van der Waals surface area contributed by atoms with Crippen LogP contribution in [-0.2, 0) is 10.0 Å². The molecule has 1 saturated carbocycles. The standard InChI is InChI=1S/C27H30N6O3S/c1-32(2)15-14-28-27(34)30-21-9-6-19(7-10-21)20-8-13-25-26(16-20)33(18-29-25)23-5-3-4-22(17-23)31-37(35,36)24-11-12-24/h3-10,13,16-18,24,31H,11-12,14-15H2,1-2H3,(H2,28,30,34). The van der Waals surface area contributed by atoms with Crippen LogP contribution in [0.3, 0.4) is 0 Å². The lowest BCUT2D eigenvalue weighted by molar-refractivity contribution is 0.250. The van der Waals surface area contributed by atoms with E-state index in [0.29, 0.717) is 30.8 Å². The minimum Gasteiger partial charge on any atom is -0.337 e. The highest BCUT2D eigenvalue weighted by Gasteiger charge is 2.35. The fourth-order valence-corrected chi connectivity index (χ4v) is 5.43. The number of hydrogen-bond donors (Lipinski definition) is 3. The number of carbonyl (C=O) groups is 1. The number of amides is 2. The maximum Gasteiger partial charge on any atom is 0.319 e. The van der Waals surface area contributed by atoms with Crippen LogP contribution in [0, 0.1) is 0 Å². The molecule has 0 aliphatic heterocycles. The Morgan fingerprint density at radius 1 is 1.00 bits per heavy atom. The highest BCUT2D eigenvalue weighted by molar-refractivity contribution is 7.93. The van der Waals surface area contributed by atoms with Crippen LogP contribution in [0.2, 0.25) is 0 Å². The monoisotopic (exact) mass is 518 g/mol. The van der Waals surface area contributed by atoms with Gasteiger partial charge in [0, 0.05) is 24.5 Å². The summed E-state index contributed by atoms with van der Waals surface area (Å²) in [6, 6.07) is 20.8. The number of urea groups is 1. The Bertz CT molecular complexity index is 1530. The molecule has 1 aliphatic rings. The summed E-state index contributed by atoms with van der Waals surface area (Å²) in [6.45, 7) is 1.34. The number of imidazole rings is 1. The second-order valence-electron chi connectivity index (χ2n) is 9.48. The highest BCUT2D eigenvalue weighted by Crippen LogP contribution is 2.31. The number of sulfonamides is 1. The van der Waals surface area contributed by atoms with Gasteiger partial charge in [0.15, 0.2) is 0 Å². The summed E-state index contributed by atoms with van der Waals surface area (Å²) in [6.07, 6.45) is 3.17. The van der Waals surface area contributed by atoms with Crippen LogP contribution in [0.5, 0.6) is 0 Å². The highest BCUT2D eigenvalue weighted by atomic mass is 32.2. The number of rotatable bonds is 9. The van der Waals surface area contributed by atoms with Crippen molar-refractivity contribution in [3.63, 3.8) is 0 Å². The first-order valence-electron chi connectivity index (χ1n) is 12.2. The zero-order valence-corrected chi connectivity index (χ0v) is 21.6. The molecule has 3 N–H and O–H groups in total. The van der Waals surface area contributed by atoms with Gasteiger partial charge in [-0.3, -0.25) is 9.29 Å². The summed E-state index contributed by atoms with van der Waals surface area (Å²) in [5.41, 5.74) is 5.80. The largest absolute Gasteiger partial charge is 0.337 e. The Balaban J connectivity index is 1.34. The summed E-state index contributed by atoms with van der Waals surface area (Å²) in [5, 5.41) is 5.40. The van der Waals surface area contributed by atoms with E-state index in [2.05, 4.69) is 26.4 Å². The van der Waals surface area contributed by atoms with E-state index in [4.69, 9.17) is 0 Å². The second kappa shape index (κ2) is 10.2. The fourth-order valence-electron chi connectivity index (χ4n) is 4.05. The molecule has 1 aromatic heterocycles. The van der Waals surface area contributed by atoms with Gasteiger partial charge in [0.05, 0.1) is 22.0 Å². The predicted octanol–water partition coefficient (Wildman–Crippen LogP) is 4.28. The number of fused-ring (bicyclic) bond motifs is 1. The topological polar surface area (TPSA) is 108 Å². The second-order valence-corrected chi connectivity index (χ2v) is 11.4. The fraction of sp³-hybridized carbons (Fsp3) is 0.259. The zero-order chi connectivity index (χ0) is 26.0. The number of benzene rings is 3. The molecule has 0 radical (unpaired) electrons. The van der Waals surface area contributed by atoms with Crippen molar-refractivity contribution in [2.45, 2.75) is 18.1 Å². The Morgan fingerprint density at radius 3 is 2.49 bits per heavy atom. The van der Waals surface area contributed by atoms with Gasteiger partial charge < -0.3 is 15.5 Å². The van der Waals surface area contributed by atoms with Gasteiger partial charge in [0.25, 0.3) is 0 Å². The molecule has 0 bridgehead atoms. The number of nitrogens with zero attached hydrogens (tertiary/aromatic N) is 3. The molecule has 192 valence electrons. The SMILES string of the molecule is CN(C)CCNC(=O)Nc1ccc(-c2ccc3ncn(-c4cccc(NS(=O)(=O)C5CC5)c4)c3c2)cc1. The molecule has 5 rings (SSSR count). The van der Waals surface area contributed by atoms with Gasteiger partial charge in [-0.05, 0) is 80.5 Å². The van der Waals surface area contributed by atoms with E-state index in [1.165, 1.54) is 0 Å². The number of likely N-dealkylation sites (N-methyl/N-ethyl adjacent to an activating group) is 1. The summed E-state index contributed by atoms with van der Waals surface area (Å²) in [4.78, 5) is 18.6. The molecule has 0 atom stereocenters. The van der Waals surface area contributed by atoms with Gasteiger partial charge in [-0.25, -0.2) is 18.2 Å². The van der Waals surface area contributed by atoms with Crippen LogP contribution < -0.4 is 15.4 Å². The summed E-state index contributed by atoms with van der Waals surface area (Å²) >= 11 is 0. The van der Waals surface area contributed by atoms with E-state index in [-0.39, 0.29) is 11.3 Å². The molecule has 37 heavy (non-hydrogen) atoms. The van der Waals surface area contributed by atoms with E-state index < -0.39 is 10.0 Å². The van der Waals surface area contributed by atoms with Gasteiger partial charge in [-0.1, -0.05) is 24.3 Å². The third-order valence-electron chi connectivity index (χ3n) is 6.22. The number of nitrogens with one attached hydrogen (secondary N) is 3. The molecule has 0 spiro atoms. The van der Waals surface area contributed by atoms with E-state index >= 15 is 0 Å². The first kappa shape index (κ1) is 24.8. The molecule has 3 aromatic carbocycles. The quantitative estimate of drug-likeness (QED) is 0.307. The smallest absolute Gasteiger partial charge is 0.319 e. The summed E-state index contributed by atoms with van der Waals surface area (Å²) in [5.74, 6) is 0. The average Bonchev–Trinajstić information content (AvgIpc) is 3.65. The molecule has 1 fully saturated rings. The molecule has 1 heterocycles. The Morgan fingerprint density at radius 2 is 1.76 bits per heavy atom. The molecular formula is C27H30N6O3S. The first-order valence-corrected chi connectivity index (χ1v) is 13.7. The van der Waals surface area contributed by atoms with Crippen LogP contribution in [0.1, 0.15) is 12.8 Å². The maximum absolute atomic E-state index is 12.4. The number of anilines is 2. The Hall–Kier alpha value is -3.89. The molecule has 2 amide bonds. The first-order chi connectivity index (χ1) is 17.8. The lowest BCUT2D eigenvalue weighted by atomic mass is 10.0. The van der Waals surface area contributed by atoms with Crippen molar-refractivity contribution in [1.29, 1.82) is 0 Å². The van der Waals surface area contributed by atoms with E-state index in [9.17, 15) is 13.2 Å². The number of carbonyl (C=O) groups excluding carboxylic acids is 1. The lowest BCUT2D eigenvalue weighted by Crippen LogP contribution is -2.34. The van der Waals surface area contributed by atoms with Gasteiger partial charge in [-0.15, -0.1) is 0 Å². The maximum atomic E-state index is 12.4. The van der Waals surface area contributed by atoms with Crippen LogP contribution in [-0.4, -0.2) is 61.3 Å². The van der Waals surface area contributed by atoms with Crippen molar-refractivity contribution < 1.29 is 13.2 Å². The molecule has 4 aromatic rings. The predicted molar refractivity (Wildman–Crippen MR) is 148 cm³/mol. The minimum absolute atomic E-state index is 0.235. The molecule has 9 nitrogen and oxygen atoms in total. The van der Waals surface area contributed by atoms with Crippen molar-refractivity contribution >= 4 is 38.5 Å². The third-order valence-corrected chi connectivity index (χ3v) is 8.08. The van der Waals surface area contributed by atoms with Crippen molar-refractivity contribution in [2.75, 3.05) is 37.2 Å². The summed E-state index contributed by atoms with van der Waals surface area (Å²) < 4.78 is 29.4. The Kier molecular flexibility index (Phi) is 6.86. The van der Waals surface area contributed by atoms with Crippen molar-refractivity contribution in [2.24, 2.45) is 0 Å². The zero-order valence-electron chi connectivity index (χ0n) is 20.8. The Labute approximate surface area is 216 Å². The number of aromatic nitrogens is 2. The lowest BCUT2D eigenvalue weighted by Gasteiger charge is -2.12. The van der Waals surface area contributed by atoms with Crippen LogP contribution in [0.25, 0.3) is 27.8 Å². The minimum atomic E-state index is -3.34. The van der Waals surface area contributed by atoms with Crippen LogP contribution in [0.4, 0.5) is 16.2 Å². The number of hydrogen-bond acceptors (Lipinski definition) is 5. The van der Waals surface area contributed by atoms with E-state index in [1.54, 1.807) is 12.4 Å². The molecule has 0 unspecified atom stereocenters. The molecule has 10 heteroatoms. The van der Waals surface area contributed by atoms with Gasteiger partial charge in [-0.2, -0.15) is 0 Å². The summed E-state index contributed by atoms with van der Waals surface area (Å²) in [7, 11) is 0.578. The van der Waals surface area contributed by atoms with Crippen molar-refractivity contribution in [3.05, 3.63) is 73.1 Å². The normalized spacial score (nSPS) is 13.6. The van der Waals surface area contributed by atoms with Gasteiger partial charge in [0.2, 0.25) is 10.0 Å². The third kappa shape index (κ3) is 5.92. The van der Waals surface area contributed by atoms with Crippen molar-refractivity contribution in [1.82, 2.24) is 19.8 Å². The van der Waals surface area contributed by atoms with Gasteiger partial charge >= 0.3 is 6.03 Å². The average molecular weight is 519 g/mol. The molecule has 1 aliphatic carbocycles. The van der Waals surface area contributed by atoms with Gasteiger partial charge in [0.1, 0.15) is 6.33 Å². The van der Waals surface area contributed by atoms with Crippen LogP contribution >= 0.6 is 0 Å². The van der Waals surface area contributed by atoms with Crippen LogP contribution in [0.15, 0.2) is 73.1 Å². The van der Waals surface area contributed by atoms with E-state index in [1.807, 2.05) is 78.2 Å². The molecule has 0 saturated heterocycles. The van der Waals surface area contributed by atoms with E-state index in [0.717, 1.165) is 34.4 Å². The van der Waals surface area contributed by atoms with Crippen molar-refractivity contribution in [3.8, 4) is 16.8 Å².